The van der Waals surface area contributed by atoms with Gasteiger partial charge in [-0.2, -0.15) is 0 Å². The molecule has 1 N–H and O–H groups in total. The van der Waals surface area contributed by atoms with E-state index in [1.165, 1.54) is 11.1 Å². The summed E-state index contributed by atoms with van der Waals surface area (Å²) in [4.78, 5) is 2.34. The average Bonchev–Trinajstić information content (AvgIpc) is 2.80. The second-order valence-corrected chi connectivity index (χ2v) is 8.30. The van der Waals surface area contributed by atoms with Gasteiger partial charge in [-0.1, -0.05) is 29.8 Å². The first-order valence-corrected chi connectivity index (χ1v) is 11.6. The number of rotatable bonds is 10. The van der Waals surface area contributed by atoms with Gasteiger partial charge >= 0.3 is 0 Å². The van der Waals surface area contributed by atoms with Crippen molar-refractivity contribution in [2.24, 2.45) is 0 Å². The number of nitrogens with one attached hydrogen (secondary N) is 1. The lowest BCUT2D eigenvalue weighted by molar-refractivity contribution is 0.217. The molecule has 170 valence electrons. The van der Waals surface area contributed by atoms with Crippen LogP contribution >= 0.6 is 15.9 Å². The largest absolute Gasteiger partial charge is 0.493 e. The quantitative estimate of drug-likeness (QED) is 0.529. The fraction of sp³-hybridized carbons (Fsp3) is 0.500. The maximum atomic E-state index is 6.17. The topological polar surface area (TPSA) is 52.2 Å². The molecule has 1 aliphatic rings. The van der Waals surface area contributed by atoms with Crippen molar-refractivity contribution in [2.75, 3.05) is 54.1 Å². The highest BCUT2D eigenvalue weighted by Crippen LogP contribution is 2.42. The molecule has 7 heteroatoms. The van der Waals surface area contributed by atoms with Crippen molar-refractivity contribution in [1.29, 1.82) is 0 Å². The Morgan fingerprint density at radius 3 is 2.16 bits per heavy atom. The Balaban J connectivity index is 1.95. The van der Waals surface area contributed by atoms with Crippen LogP contribution in [0.2, 0.25) is 0 Å². The lowest BCUT2D eigenvalue weighted by atomic mass is 9.89. The number of ether oxygens (including phenoxy) is 4. The summed E-state index contributed by atoms with van der Waals surface area (Å²) in [5, 5.41) is 3.65. The lowest BCUT2D eigenvalue weighted by Crippen LogP contribution is -2.31. The van der Waals surface area contributed by atoms with Crippen molar-refractivity contribution in [3.8, 4) is 23.0 Å². The van der Waals surface area contributed by atoms with Gasteiger partial charge in [0.25, 0.3) is 0 Å². The molecule has 2 aromatic rings. The highest BCUT2D eigenvalue weighted by atomic mass is 79.9. The van der Waals surface area contributed by atoms with Gasteiger partial charge in [-0.3, -0.25) is 0 Å². The van der Waals surface area contributed by atoms with Crippen LogP contribution in [0.4, 0.5) is 0 Å². The van der Waals surface area contributed by atoms with Crippen molar-refractivity contribution < 1.29 is 18.9 Å². The van der Waals surface area contributed by atoms with E-state index < -0.39 is 0 Å². The minimum absolute atomic E-state index is 0.00830. The molecule has 0 saturated carbocycles. The summed E-state index contributed by atoms with van der Waals surface area (Å²) in [5.74, 6) is 2.96. The smallest absolute Gasteiger partial charge is 0.161 e. The Morgan fingerprint density at radius 1 is 0.903 bits per heavy atom. The van der Waals surface area contributed by atoms with E-state index in [1.807, 2.05) is 12.1 Å². The summed E-state index contributed by atoms with van der Waals surface area (Å²) in [5.41, 5.74) is 3.55. The highest BCUT2D eigenvalue weighted by Gasteiger charge is 2.27. The predicted octanol–water partition coefficient (Wildman–Crippen LogP) is 4.43. The molecular weight excluding hydrogens is 460 g/mol. The molecular formula is C24H33BrN2O4. The molecule has 1 unspecified atom stereocenters. The van der Waals surface area contributed by atoms with E-state index in [-0.39, 0.29) is 6.04 Å². The molecule has 0 radical (unpaired) electrons. The molecule has 3 rings (SSSR count). The first-order valence-electron chi connectivity index (χ1n) is 10.8. The van der Waals surface area contributed by atoms with Gasteiger partial charge in [0.1, 0.15) is 6.61 Å². The number of halogens is 1. The van der Waals surface area contributed by atoms with Crippen LogP contribution in [0.3, 0.4) is 0 Å². The van der Waals surface area contributed by atoms with Gasteiger partial charge in [0.15, 0.2) is 23.0 Å². The molecule has 31 heavy (non-hydrogen) atoms. The summed E-state index contributed by atoms with van der Waals surface area (Å²) in [6, 6.07) is 8.23. The minimum atomic E-state index is 0.00830. The summed E-state index contributed by atoms with van der Waals surface area (Å²) in [6.45, 7) is 8.75. The summed E-state index contributed by atoms with van der Waals surface area (Å²) >= 11 is 3.72. The lowest BCUT2D eigenvalue weighted by Gasteiger charge is -2.30. The molecule has 0 spiro atoms. The van der Waals surface area contributed by atoms with Crippen molar-refractivity contribution in [2.45, 2.75) is 26.3 Å². The van der Waals surface area contributed by atoms with Gasteiger partial charge in [0.05, 0.1) is 27.4 Å². The molecule has 1 atom stereocenters. The van der Waals surface area contributed by atoms with Crippen LogP contribution in [0, 0.1) is 0 Å². The monoisotopic (exact) mass is 492 g/mol. The van der Waals surface area contributed by atoms with Gasteiger partial charge in [0, 0.05) is 17.6 Å². The molecule has 6 nitrogen and oxygen atoms in total. The van der Waals surface area contributed by atoms with E-state index in [1.54, 1.807) is 21.3 Å². The van der Waals surface area contributed by atoms with E-state index >= 15 is 0 Å². The van der Waals surface area contributed by atoms with Crippen LogP contribution in [-0.4, -0.2) is 59.0 Å². The van der Waals surface area contributed by atoms with Crippen LogP contribution in [0.1, 0.15) is 36.6 Å². The Morgan fingerprint density at radius 2 is 1.52 bits per heavy atom. The minimum Gasteiger partial charge on any atom is -0.493 e. The van der Waals surface area contributed by atoms with Crippen molar-refractivity contribution >= 4 is 15.9 Å². The third-order valence-electron chi connectivity index (χ3n) is 5.85. The number of fused-ring (bicyclic) bond motifs is 1. The fourth-order valence-corrected chi connectivity index (χ4v) is 4.58. The Kier molecular flexibility index (Phi) is 8.46. The maximum absolute atomic E-state index is 6.17. The third kappa shape index (κ3) is 5.27. The Hall–Kier alpha value is -1.96. The molecule has 2 aromatic carbocycles. The Bertz CT molecular complexity index is 886. The molecule has 1 heterocycles. The number of nitrogens with zero attached hydrogens (tertiary/aromatic N) is 1. The predicted molar refractivity (Wildman–Crippen MR) is 127 cm³/mol. The van der Waals surface area contributed by atoms with E-state index in [0.717, 1.165) is 54.1 Å². The third-order valence-corrected chi connectivity index (χ3v) is 6.54. The highest BCUT2D eigenvalue weighted by molar-refractivity contribution is 9.10. The average molecular weight is 493 g/mol. The van der Waals surface area contributed by atoms with Crippen LogP contribution in [0.15, 0.2) is 28.7 Å². The first kappa shape index (κ1) is 23.7. The number of likely N-dealkylation sites (N-methyl/N-ethyl adjacent to an activating group) is 1. The van der Waals surface area contributed by atoms with Crippen LogP contribution in [0.5, 0.6) is 23.0 Å². The van der Waals surface area contributed by atoms with E-state index in [9.17, 15) is 0 Å². The second kappa shape index (κ2) is 11.1. The first-order chi connectivity index (χ1) is 15.1. The van der Waals surface area contributed by atoms with Gasteiger partial charge < -0.3 is 29.2 Å². The summed E-state index contributed by atoms with van der Waals surface area (Å²) in [7, 11) is 5.00. The van der Waals surface area contributed by atoms with Crippen molar-refractivity contribution in [1.82, 2.24) is 10.2 Å². The molecule has 0 aromatic heterocycles. The van der Waals surface area contributed by atoms with Crippen LogP contribution < -0.4 is 24.3 Å². The number of methoxy groups -OCH3 is 3. The maximum Gasteiger partial charge on any atom is 0.161 e. The molecule has 0 bridgehead atoms. The van der Waals surface area contributed by atoms with Crippen LogP contribution in [0.25, 0.3) is 0 Å². The number of benzene rings is 2. The standard InChI is InChI=1S/C24H33BrN2O4/c1-6-27(7-2)10-11-31-23-13-17-16(12-20(23)28-3)8-9-26-24(17)18-14-21(29-4)22(30-5)15-19(18)25/h12-15,24,26H,6-11H2,1-5H3. The molecule has 0 aliphatic carbocycles. The zero-order valence-electron chi connectivity index (χ0n) is 19.1. The second-order valence-electron chi connectivity index (χ2n) is 7.44. The van der Waals surface area contributed by atoms with E-state index in [2.05, 4.69) is 52.1 Å². The molecule has 1 aliphatic heterocycles. The molecule has 0 fully saturated rings. The number of hydrogen-bond acceptors (Lipinski definition) is 6. The number of hydrogen-bond donors (Lipinski definition) is 1. The summed E-state index contributed by atoms with van der Waals surface area (Å²) < 4.78 is 23.8. The molecule has 0 saturated heterocycles. The zero-order valence-corrected chi connectivity index (χ0v) is 20.7. The van der Waals surface area contributed by atoms with Crippen LogP contribution in [-0.2, 0) is 6.42 Å². The van der Waals surface area contributed by atoms with Gasteiger partial charge in [0.2, 0.25) is 0 Å². The van der Waals surface area contributed by atoms with Gasteiger partial charge in [-0.05, 0) is 60.5 Å². The van der Waals surface area contributed by atoms with Crippen molar-refractivity contribution in [3.05, 3.63) is 45.4 Å². The van der Waals surface area contributed by atoms with E-state index in [0.29, 0.717) is 18.1 Å². The zero-order chi connectivity index (χ0) is 22.4. The van der Waals surface area contributed by atoms with Gasteiger partial charge in [-0.25, -0.2) is 0 Å². The Labute approximate surface area is 193 Å². The molecule has 0 amide bonds. The normalized spacial score (nSPS) is 15.5. The van der Waals surface area contributed by atoms with Crippen molar-refractivity contribution in [3.63, 3.8) is 0 Å². The SMILES string of the molecule is CCN(CC)CCOc1cc2c(cc1OC)CCNC2c1cc(OC)c(OC)cc1Br. The van der Waals surface area contributed by atoms with Gasteiger partial charge in [-0.15, -0.1) is 0 Å². The van der Waals surface area contributed by atoms with E-state index in [4.69, 9.17) is 18.9 Å². The fourth-order valence-electron chi connectivity index (χ4n) is 4.03. The summed E-state index contributed by atoms with van der Waals surface area (Å²) in [6.07, 6.45) is 0.937.